The Hall–Kier alpha value is -3.89. The molecule has 10 heteroatoms. The fourth-order valence-electron chi connectivity index (χ4n) is 2.97. The fourth-order valence-corrected chi connectivity index (χ4v) is 3.53. The highest BCUT2D eigenvalue weighted by Gasteiger charge is 2.11. The van der Waals surface area contributed by atoms with Gasteiger partial charge in [0.15, 0.2) is 11.6 Å². The Labute approximate surface area is 184 Å². The van der Waals surface area contributed by atoms with Crippen LogP contribution in [0.4, 0.5) is 27.5 Å². The average molecular weight is 450 g/mol. The van der Waals surface area contributed by atoms with Crippen LogP contribution in [0.25, 0.3) is 0 Å². The van der Waals surface area contributed by atoms with E-state index in [9.17, 15) is 12.8 Å². The van der Waals surface area contributed by atoms with Gasteiger partial charge in [-0.2, -0.15) is 4.98 Å². The summed E-state index contributed by atoms with van der Waals surface area (Å²) in [6.45, 7) is 0. The van der Waals surface area contributed by atoms with Crippen LogP contribution in [-0.4, -0.2) is 23.4 Å². The Morgan fingerprint density at radius 2 is 1.62 bits per heavy atom. The summed E-state index contributed by atoms with van der Waals surface area (Å²) in [6, 6.07) is 17.3. The average Bonchev–Trinajstić information content (AvgIpc) is 2.78. The first-order chi connectivity index (χ1) is 15.4. The zero-order valence-electron chi connectivity index (χ0n) is 16.7. The molecule has 2 heterocycles. The molecule has 0 saturated heterocycles. The highest BCUT2D eigenvalue weighted by atomic mass is 32.2. The molecule has 32 heavy (non-hydrogen) atoms. The number of pyridine rings is 1. The van der Waals surface area contributed by atoms with Gasteiger partial charge in [0.2, 0.25) is 16.0 Å². The second-order valence-corrected chi connectivity index (χ2v) is 8.50. The molecule has 0 radical (unpaired) electrons. The molecule has 0 aliphatic rings. The first-order valence-electron chi connectivity index (χ1n) is 9.54. The van der Waals surface area contributed by atoms with Crippen molar-refractivity contribution in [3.05, 3.63) is 96.2 Å². The Balaban J connectivity index is 1.48. The van der Waals surface area contributed by atoms with Crippen LogP contribution >= 0.6 is 0 Å². The van der Waals surface area contributed by atoms with Crippen molar-refractivity contribution in [1.82, 2.24) is 15.0 Å². The molecule has 0 fully saturated rings. The number of sulfonamides is 1. The smallest absolute Gasteiger partial charge is 0.238 e. The molecule has 162 valence electrons. The molecule has 0 aliphatic heterocycles. The van der Waals surface area contributed by atoms with Crippen molar-refractivity contribution in [2.24, 2.45) is 5.14 Å². The fraction of sp³-hybridized carbons (Fsp3) is 0.0455. The van der Waals surface area contributed by atoms with E-state index in [-0.39, 0.29) is 16.7 Å². The van der Waals surface area contributed by atoms with Gasteiger partial charge in [-0.05, 0) is 60.0 Å². The molecule has 4 N–H and O–H groups in total. The molecule has 4 rings (SSSR count). The first kappa shape index (κ1) is 21.3. The number of aromatic nitrogens is 3. The van der Waals surface area contributed by atoms with Crippen LogP contribution in [0.3, 0.4) is 0 Å². The van der Waals surface area contributed by atoms with Crippen LogP contribution in [0.1, 0.15) is 11.1 Å². The number of nitrogens with zero attached hydrogens (tertiary/aromatic N) is 3. The van der Waals surface area contributed by atoms with Crippen LogP contribution in [0.15, 0.2) is 84.1 Å². The molecule has 4 aromatic rings. The van der Waals surface area contributed by atoms with Crippen molar-refractivity contribution in [3.8, 4) is 0 Å². The number of primary sulfonamides is 1. The predicted molar refractivity (Wildman–Crippen MR) is 120 cm³/mol. The standard InChI is InChI=1S/C22H19FN6O2S/c23-20-14-26-22(28-18-2-1-3-19(13-18)32(24,30)31)29-21(20)27-17-6-4-15(5-7-17)12-16-8-10-25-11-9-16/h1-11,13-14H,12H2,(H2,24,30,31)(H2,26,27,28,29). The van der Waals surface area contributed by atoms with Crippen molar-refractivity contribution < 1.29 is 12.8 Å². The molecule has 2 aromatic heterocycles. The van der Waals surface area contributed by atoms with Crippen LogP contribution in [0, 0.1) is 5.82 Å². The quantitative estimate of drug-likeness (QED) is 0.392. The molecule has 0 aliphatic carbocycles. The van der Waals surface area contributed by atoms with E-state index in [4.69, 9.17) is 5.14 Å². The summed E-state index contributed by atoms with van der Waals surface area (Å²) >= 11 is 0. The number of nitrogens with two attached hydrogens (primary N) is 1. The molecule has 0 bridgehead atoms. The number of hydrogen-bond donors (Lipinski definition) is 3. The molecule has 0 unspecified atom stereocenters. The maximum Gasteiger partial charge on any atom is 0.238 e. The molecular formula is C22H19FN6O2S. The van der Waals surface area contributed by atoms with Gasteiger partial charge in [-0.15, -0.1) is 0 Å². The topological polar surface area (TPSA) is 123 Å². The minimum absolute atomic E-state index is 0.0213. The van der Waals surface area contributed by atoms with E-state index in [2.05, 4.69) is 25.6 Å². The van der Waals surface area contributed by atoms with Crippen LogP contribution in [0.2, 0.25) is 0 Å². The third-order valence-corrected chi connectivity index (χ3v) is 5.45. The second kappa shape index (κ2) is 9.08. The highest BCUT2D eigenvalue weighted by molar-refractivity contribution is 7.89. The number of hydrogen-bond acceptors (Lipinski definition) is 7. The summed E-state index contributed by atoms with van der Waals surface area (Å²) in [7, 11) is -3.85. The van der Waals surface area contributed by atoms with E-state index in [0.29, 0.717) is 11.4 Å². The summed E-state index contributed by atoms with van der Waals surface area (Å²) in [5.74, 6) is -0.559. The minimum atomic E-state index is -3.85. The maximum atomic E-state index is 14.3. The Morgan fingerprint density at radius 3 is 2.34 bits per heavy atom. The molecule has 0 saturated carbocycles. The van der Waals surface area contributed by atoms with E-state index in [1.165, 1.54) is 18.2 Å². The predicted octanol–water partition coefficient (Wildman–Crippen LogP) is 3.74. The number of benzene rings is 2. The molecule has 2 aromatic carbocycles. The van der Waals surface area contributed by atoms with Crippen molar-refractivity contribution in [2.45, 2.75) is 11.3 Å². The number of halogens is 1. The normalized spacial score (nSPS) is 11.2. The molecule has 8 nitrogen and oxygen atoms in total. The highest BCUT2D eigenvalue weighted by Crippen LogP contribution is 2.22. The van der Waals surface area contributed by atoms with E-state index in [1.54, 1.807) is 18.5 Å². The lowest BCUT2D eigenvalue weighted by Gasteiger charge is -2.11. The summed E-state index contributed by atoms with van der Waals surface area (Å²) in [4.78, 5) is 12.0. The van der Waals surface area contributed by atoms with Gasteiger partial charge in [-0.1, -0.05) is 18.2 Å². The first-order valence-corrected chi connectivity index (χ1v) is 11.1. The summed E-state index contributed by atoms with van der Waals surface area (Å²) < 4.78 is 37.3. The molecule has 0 amide bonds. The van der Waals surface area contributed by atoms with E-state index in [1.807, 2.05) is 36.4 Å². The van der Waals surface area contributed by atoms with Gasteiger partial charge in [0.1, 0.15) is 0 Å². The molecule has 0 atom stereocenters. The lowest BCUT2D eigenvalue weighted by atomic mass is 10.1. The number of rotatable bonds is 7. The van der Waals surface area contributed by atoms with Gasteiger partial charge in [-0.3, -0.25) is 4.98 Å². The van der Waals surface area contributed by atoms with Crippen LogP contribution in [0.5, 0.6) is 0 Å². The third kappa shape index (κ3) is 5.42. The van der Waals surface area contributed by atoms with Gasteiger partial charge < -0.3 is 10.6 Å². The minimum Gasteiger partial charge on any atom is -0.338 e. The monoisotopic (exact) mass is 450 g/mol. The van der Waals surface area contributed by atoms with E-state index >= 15 is 0 Å². The largest absolute Gasteiger partial charge is 0.338 e. The number of anilines is 4. The Bertz CT molecular complexity index is 1330. The van der Waals surface area contributed by atoms with Gasteiger partial charge in [0.05, 0.1) is 11.1 Å². The molecular weight excluding hydrogens is 431 g/mol. The van der Waals surface area contributed by atoms with Gasteiger partial charge in [-0.25, -0.2) is 22.9 Å². The maximum absolute atomic E-state index is 14.3. The van der Waals surface area contributed by atoms with Crippen molar-refractivity contribution >= 4 is 33.2 Å². The Kier molecular flexibility index (Phi) is 6.06. The van der Waals surface area contributed by atoms with Gasteiger partial charge in [0, 0.05) is 23.8 Å². The van der Waals surface area contributed by atoms with Crippen LogP contribution in [-0.2, 0) is 16.4 Å². The second-order valence-electron chi connectivity index (χ2n) is 6.94. The van der Waals surface area contributed by atoms with Crippen LogP contribution < -0.4 is 15.8 Å². The number of nitrogens with one attached hydrogen (secondary N) is 2. The third-order valence-electron chi connectivity index (χ3n) is 4.54. The van der Waals surface area contributed by atoms with E-state index in [0.717, 1.165) is 23.7 Å². The van der Waals surface area contributed by atoms with Gasteiger partial charge in [0.25, 0.3) is 0 Å². The zero-order valence-corrected chi connectivity index (χ0v) is 17.6. The summed E-state index contributed by atoms with van der Waals surface area (Å²) in [5, 5.41) is 10.9. The van der Waals surface area contributed by atoms with Crippen molar-refractivity contribution in [3.63, 3.8) is 0 Å². The van der Waals surface area contributed by atoms with Crippen molar-refractivity contribution in [2.75, 3.05) is 10.6 Å². The van der Waals surface area contributed by atoms with Crippen molar-refractivity contribution in [1.29, 1.82) is 0 Å². The Morgan fingerprint density at radius 1 is 0.906 bits per heavy atom. The summed E-state index contributed by atoms with van der Waals surface area (Å²) in [6.07, 6.45) is 5.29. The molecule has 0 spiro atoms. The van der Waals surface area contributed by atoms with Gasteiger partial charge >= 0.3 is 0 Å². The van der Waals surface area contributed by atoms with E-state index < -0.39 is 15.8 Å². The SMILES string of the molecule is NS(=O)(=O)c1cccc(Nc2ncc(F)c(Nc3ccc(Cc4ccncc4)cc3)n2)c1. The summed E-state index contributed by atoms with van der Waals surface area (Å²) in [5.41, 5.74) is 3.30. The lowest BCUT2D eigenvalue weighted by molar-refractivity contribution is 0.598. The zero-order chi connectivity index (χ0) is 22.6. The lowest BCUT2D eigenvalue weighted by Crippen LogP contribution is -2.12.